The Labute approximate surface area is 252 Å². The van der Waals surface area contributed by atoms with Gasteiger partial charge in [0, 0.05) is 50.6 Å². The predicted molar refractivity (Wildman–Crippen MR) is 161 cm³/mol. The Balaban J connectivity index is 1.36. The van der Waals surface area contributed by atoms with Crippen LogP contribution in [-0.4, -0.2) is 123 Å². The Hall–Kier alpha value is -2.66. The number of carbonyl (C=O) groups excluding carboxylic acids is 3. The van der Waals surface area contributed by atoms with Gasteiger partial charge in [-0.3, -0.25) is 19.3 Å². The van der Waals surface area contributed by atoms with Crippen LogP contribution in [0.15, 0.2) is 54.6 Å². The summed E-state index contributed by atoms with van der Waals surface area (Å²) in [6.45, 7) is 9.48. The zero-order valence-electron chi connectivity index (χ0n) is 24.6. The smallest absolute Gasteiger partial charge is 0.247 e. The zero-order chi connectivity index (χ0) is 29.5. The van der Waals surface area contributed by atoms with Gasteiger partial charge in [-0.15, -0.1) is 11.8 Å². The number of aliphatic hydroxyl groups excluding tert-OH is 1. The fourth-order valence-corrected chi connectivity index (χ4v) is 9.74. The first-order chi connectivity index (χ1) is 20.3. The molecule has 226 valence electrons. The number of ether oxygens (including phenoxy) is 1. The van der Waals surface area contributed by atoms with E-state index in [1.165, 1.54) is 0 Å². The van der Waals surface area contributed by atoms with E-state index in [1.807, 2.05) is 66.1 Å². The van der Waals surface area contributed by atoms with Crippen LogP contribution in [0.5, 0.6) is 0 Å². The molecule has 0 aromatic heterocycles. The molecule has 6 rings (SSSR count). The maximum Gasteiger partial charge on any atom is 0.247 e. The first-order valence-electron chi connectivity index (χ1n) is 15.2. The third-order valence-corrected chi connectivity index (χ3v) is 11.5. The van der Waals surface area contributed by atoms with Crippen LogP contribution >= 0.6 is 11.8 Å². The molecule has 1 aromatic rings. The summed E-state index contributed by atoms with van der Waals surface area (Å²) in [5.41, 5.74) is 1.03. The van der Waals surface area contributed by atoms with E-state index in [1.54, 1.807) is 16.7 Å². The van der Waals surface area contributed by atoms with Crippen molar-refractivity contribution >= 4 is 29.5 Å². The molecule has 0 bridgehead atoms. The Morgan fingerprint density at radius 1 is 0.952 bits per heavy atom. The van der Waals surface area contributed by atoms with Gasteiger partial charge >= 0.3 is 0 Å². The molecule has 10 heteroatoms. The Morgan fingerprint density at radius 2 is 1.67 bits per heavy atom. The second kappa shape index (κ2) is 11.8. The third kappa shape index (κ3) is 4.90. The first kappa shape index (κ1) is 29.4. The molecule has 3 fully saturated rings. The van der Waals surface area contributed by atoms with Crippen molar-refractivity contribution in [1.82, 2.24) is 19.6 Å². The van der Waals surface area contributed by atoms with Crippen molar-refractivity contribution in [2.24, 2.45) is 11.8 Å². The van der Waals surface area contributed by atoms with Gasteiger partial charge in [0.2, 0.25) is 17.7 Å². The van der Waals surface area contributed by atoms with E-state index in [-0.39, 0.29) is 24.3 Å². The summed E-state index contributed by atoms with van der Waals surface area (Å²) < 4.78 is 3.93. The molecule has 1 N–H and O–H groups in total. The highest BCUT2D eigenvalue weighted by Gasteiger charge is 2.74. The number of nitrogens with zero attached hydrogens (tertiary/aromatic N) is 4. The predicted octanol–water partition coefficient (Wildman–Crippen LogP) is 1.77. The molecule has 0 radical (unpaired) electrons. The second-order valence-corrected chi connectivity index (χ2v) is 14.0. The van der Waals surface area contributed by atoms with E-state index in [0.29, 0.717) is 45.8 Å². The maximum atomic E-state index is 14.6. The highest BCUT2D eigenvalue weighted by Crippen LogP contribution is 2.65. The molecule has 42 heavy (non-hydrogen) atoms. The number of carbonyl (C=O) groups is 3. The van der Waals surface area contributed by atoms with Crippen molar-refractivity contribution in [3.63, 3.8) is 0 Å². The number of hydrogen-bond donors (Lipinski definition) is 1. The average Bonchev–Trinajstić information content (AvgIpc) is 3.28. The summed E-state index contributed by atoms with van der Waals surface area (Å²) in [6, 6.07) is 8.63. The molecular weight excluding hydrogens is 552 g/mol. The maximum absolute atomic E-state index is 14.6. The summed E-state index contributed by atoms with van der Waals surface area (Å²) in [5.74, 6) is -1.68. The molecule has 3 amide bonds. The fourth-order valence-electron chi connectivity index (χ4n) is 7.60. The van der Waals surface area contributed by atoms with E-state index in [0.717, 1.165) is 25.2 Å². The normalized spacial score (nSPS) is 33.8. The summed E-state index contributed by atoms with van der Waals surface area (Å²) in [4.78, 5) is 51.2. The SMILES string of the molecule is CC[C@@H](CO)N1C(=O)[C@@H]2[C@H]3C(=O)N(Cc4ccccc4)CC=C[C@@]3(C)S[C@@]23C=CCN(CCN2CCOCC2)C(=O)C13. The van der Waals surface area contributed by atoms with Gasteiger partial charge in [-0.05, 0) is 18.9 Å². The number of aliphatic hydroxyl groups is 1. The Morgan fingerprint density at radius 3 is 2.38 bits per heavy atom. The molecule has 0 saturated carbocycles. The van der Waals surface area contributed by atoms with Gasteiger partial charge in [0.1, 0.15) is 6.04 Å². The summed E-state index contributed by atoms with van der Waals surface area (Å²) in [6.07, 6.45) is 8.74. The van der Waals surface area contributed by atoms with Gasteiger partial charge in [-0.1, -0.05) is 61.6 Å². The quantitative estimate of drug-likeness (QED) is 0.459. The van der Waals surface area contributed by atoms with Crippen molar-refractivity contribution in [2.75, 3.05) is 59.1 Å². The molecular formula is C32H42N4O5S. The summed E-state index contributed by atoms with van der Waals surface area (Å²) in [7, 11) is 0. The van der Waals surface area contributed by atoms with Crippen LogP contribution in [0.25, 0.3) is 0 Å². The van der Waals surface area contributed by atoms with Crippen LogP contribution in [0.4, 0.5) is 0 Å². The van der Waals surface area contributed by atoms with E-state index in [2.05, 4.69) is 17.1 Å². The van der Waals surface area contributed by atoms with Crippen LogP contribution in [0.2, 0.25) is 0 Å². The Kier molecular flexibility index (Phi) is 8.26. The van der Waals surface area contributed by atoms with E-state index >= 15 is 0 Å². The molecule has 1 unspecified atom stereocenters. The van der Waals surface area contributed by atoms with E-state index < -0.39 is 33.4 Å². The number of benzene rings is 1. The van der Waals surface area contributed by atoms with Crippen LogP contribution < -0.4 is 0 Å². The highest BCUT2D eigenvalue weighted by atomic mass is 32.2. The molecule has 9 nitrogen and oxygen atoms in total. The molecule has 5 heterocycles. The van der Waals surface area contributed by atoms with Crippen LogP contribution in [-0.2, 0) is 25.7 Å². The standard InChI is InChI=1S/C32H42N4O5S/c1-3-24(22-37)36-27-30(40)34(16-15-33-17-19-41-20-18-33)13-8-12-32(27)26(29(36)39)25-28(38)35(14-7-11-31(25,2)42-32)21-23-9-5-4-6-10-23/h4-12,24-27,37H,3,13-22H2,1-2H3/t24-,25-,26-,27?,31+,32-/m0/s1. The number of amides is 3. The molecule has 5 aliphatic heterocycles. The number of thioether (sulfide) groups is 1. The largest absolute Gasteiger partial charge is 0.394 e. The topological polar surface area (TPSA) is 93.6 Å². The Bertz CT molecular complexity index is 1250. The summed E-state index contributed by atoms with van der Waals surface area (Å²) in [5, 5.41) is 10.4. The lowest BCUT2D eigenvalue weighted by molar-refractivity contribution is -0.147. The van der Waals surface area contributed by atoms with Crippen molar-refractivity contribution in [1.29, 1.82) is 0 Å². The van der Waals surface area contributed by atoms with Crippen LogP contribution in [0, 0.1) is 11.8 Å². The molecule has 1 spiro atoms. The van der Waals surface area contributed by atoms with Gasteiger partial charge in [0.15, 0.2) is 0 Å². The number of fused-ring (bicyclic) bond motifs is 2. The molecule has 6 atom stereocenters. The minimum Gasteiger partial charge on any atom is -0.394 e. The lowest BCUT2D eigenvalue weighted by Crippen LogP contribution is -2.57. The number of hydrogen-bond acceptors (Lipinski definition) is 7. The van der Waals surface area contributed by atoms with Gasteiger partial charge < -0.3 is 24.5 Å². The third-order valence-electron chi connectivity index (χ3n) is 9.74. The van der Waals surface area contributed by atoms with Crippen LogP contribution in [0.3, 0.4) is 0 Å². The molecule has 0 aliphatic carbocycles. The lowest BCUT2D eigenvalue weighted by atomic mass is 9.74. The monoisotopic (exact) mass is 594 g/mol. The van der Waals surface area contributed by atoms with Crippen molar-refractivity contribution in [2.45, 2.75) is 48.4 Å². The molecule has 5 aliphatic rings. The van der Waals surface area contributed by atoms with Crippen molar-refractivity contribution in [3.8, 4) is 0 Å². The highest BCUT2D eigenvalue weighted by molar-refractivity contribution is 8.02. The number of likely N-dealkylation sites (tertiary alicyclic amines) is 1. The van der Waals surface area contributed by atoms with Gasteiger partial charge in [-0.2, -0.15) is 0 Å². The number of morpholine rings is 1. The van der Waals surface area contributed by atoms with Crippen molar-refractivity contribution < 1.29 is 24.2 Å². The van der Waals surface area contributed by atoms with Gasteiger partial charge in [-0.25, -0.2) is 0 Å². The zero-order valence-corrected chi connectivity index (χ0v) is 25.4. The van der Waals surface area contributed by atoms with Gasteiger partial charge in [0.05, 0.1) is 42.4 Å². The molecule has 1 aromatic carbocycles. The van der Waals surface area contributed by atoms with E-state index in [4.69, 9.17) is 4.74 Å². The number of rotatable bonds is 8. The first-order valence-corrected chi connectivity index (χ1v) is 16.0. The minimum atomic E-state index is -0.903. The van der Waals surface area contributed by atoms with Crippen LogP contribution in [0.1, 0.15) is 25.8 Å². The van der Waals surface area contributed by atoms with E-state index in [9.17, 15) is 19.5 Å². The second-order valence-electron chi connectivity index (χ2n) is 12.2. The summed E-state index contributed by atoms with van der Waals surface area (Å²) >= 11 is 1.60. The minimum absolute atomic E-state index is 0.0546. The molecule has 3 saturated heterocycles. The fraction of sp³-hybridized carbons (Fsp3) is 0.594. The van der Waals surface area contributed by atoms with Crippen molar-refractivity contribution in [3.05, 3.63) is 60.2 Å². The average molecular weight is 595 g/mol. The lowest BCUT2D eigenvalue weighted by Gasteiger charge is -2.40. The van der Waals surface area contributed by atoms with Gasteiger partial charge in [0.25, 0.3) is 0 Å².